The topological polar surface area (TPSA) is 29.3 Å². The van der Waals surface area contributed by atoms with Gasteiger partial charge < -0.3 is 10.6 Å². The Kier molecular flexibility index (Phi) is 5.49. The van der Waals surface area contributed by atoms with Crippen molar-refractivity contribution in [1.82, 2.24) is 4.90 Å². The normalized spacial score (nSPS) is 22.5. The largest absolute Gasteiger partial charge is 0.328 e. The lowest BCUT2D eigenvalue weighted by Gasteiger charge is -2.36. The van der Waals surface area contributed by atoms with Crippen molar-refractivity contribution in [3.63, 3.8) is 0 Å². The van der Waals surface area contributed by atoms with Crippen molar-refractivity contribution in [3.8, 4) is 0 Å². The maximum absolute atomic E-state index is 5.91. The standard InChI is InChI=1S/C12H26N2/c1-3-5-6-12(4-2)14-9-7-11(13)8-10-14/h11-12H,3-10,13H2,1-2H3. The molecule has 0 aromatic carbocycles. The van der Waals surface area contributed by atoms with Gasteiger partial charge in [0.25, 0.3) is 0 Å². The summed E-state index contributed by atoms with van der Waals surface area (Å²) < 4.78 is 0. The maximum Gasteiger partial charge on any atom is 0.00926 e. The Morgan fingerprint density at radius 2 is 1.93 bits per heavy atom. The minimum atomic E-state index is 0.468. The van der Waals surface area contributed by atoms with Crippen LogP contribution in [0.1, 0.15) is 52.4 Å². The Balaban J connectivity index is 2.29. The van der Waals surface area contributed by atoms with Gasteiger partial charge in [0.1, 0.15) is 0 Å². The summed E-state index contributed by atoms with van der Waals surface area (Å²) in [5, 5.41) is 0. The summed E-state index contributed by atoms with van der Waals surface area (Å²) >= 11 is 0. The summed E-state index contributed by atoms with van der Waals surface area (Å²) in [6.07, 6.45) is 7.77. The van der Waals surface area contributed by atoms with Crippen LogP contribution in [-0.2, 0) is 0 Å². The van der Waals surface area contributed by atoms with Gasteiger partial charge in [0.15, 0.2) is 0 Å². The summed E-state index contributed by atoms with van der Waals surface area (Å²) in [6.45, 7) is 7.04. The zero-order valence-electron chi connectivity index (χ0n) is 9.84. The molecule has 1 heterocycles. The van der Waals surface area contributed by atoms with Crippen LogP contribution >= 0.6 is 0 Å². The molecule has 0 saturated carbocycles. The second-order valence-electron chi connectivity index (χ2n) is 4.58. The van der Waals surface area contributed by atoms with Crippen LogP contribution in [0.15, 0.2) is 0 Å². The fourth-order valence-corrected chi connectivity index (χ4v) is 2.37. The molecule has 1 unspecified atom stereocenters. The molecule has 0 spiro atoms. The van der Waals surface area contributed by atoms with Gasteiger partial charge in [-0.15, -0.1) is 0 Å². The number of unbranched alkanes of at least 4 members (excludes halogenated alkanes) is 1. The Hall–Kier alpha value is -0.0800. The Morgan fingerprint density at radius 1 is 1.29 bits per heavy atom. The summed E-state index contributed by atoms with van der Waals surface area (Å²) in [7, 11) is 0. The summed E-state index contributed by atoms with van der Waals surface area (Å²) in [4.78, 5) is 2.65. The zero-order chi connectivity index (χ0) is 10.4. The van der Waals surface area contributed by atoms with E-state index in [-0.39, 0.29) is 0 Å². The number of nitrogens with two attached hydrogens (primary N) is 1. The molecule has 0 aromatic heterocycles. The quantitative estimate of drug-likeness (QED) is 0.735. The minimum Gasteiger partial charge on any atom is -0.328 e. The van der Waals surface area contributed by atoms with Gasteiger partial charge in [-0.2, -0.15) is 0 Å². The van der Waals surface area contributed by atoms with E-state index in [9.17, 15) is 0 Å². The van der Waals surface area contributed by atoms with Gasteiger partial charge in [-0.25, -0.2) is 0 Å². The first-order chi connectivity index (χ1) is 6.77. The lowest BCUT2D eigenvalue weighted by atomic mass is 10.00. The van der Waals surface area contributed by atoms with Crippen molar-refractivity contribution in [3.05, 3.63) is 0 Å². The first kappa shape index (κ1) is 12.0. The Morgan fingerprint density at radius 3 is 2.43 bits per heavy atom. The molecular weight excluding hydrogens is 172 g/mol. The van der Waals surface area contributed by atoms with Crippen LogP contribution < -0.4 is 5.73 Å². The molecular formula is C12H26N2. The van der Waals surface area contributed by atoms with Crippen molar-refractivity contribution in [1.29, 1.82) is 0 Å². The minimum absolute atomic E-state index is 0.468. The SMILES string of the molecule is CCCCC(CC)N1CCC(N)CC1. The molecule has 1 rings (SSSR count). The molecule has 1 atom stereocenters. The van der Waals surface area contributed by atoms with E-state index < -0.39 is 0 Å². The predicted octanol–water partition coefficient (Wildman–Crippen LogP) is 2.38. The molecule has 0 bridgehead atoms. The van der Waals surface area contributed by atoms with Crippen molar-refractivity contribution in [2.75, 3.05) is 13.1 Å². The monoisotopic (exact) mass is 198 g/mol. The molecule has 0 radical (unpaired) electrons. The third-order valence-corrected chi connectivity index (χ3v) is 3.45. The molecule has 0 aliphatic carbocycles. The second kappa shape index (κ2) is 6.41. The number of hydrogen-bond donors (Lipinski definition) is 1. The summed E-state index contributed by atoms with van der Waals surface area (Å²) in [6, 6.07) is 1.29. The number of likely N-dealkylation sites (tertiary alicyclic amines) is 1. The highest BCUT2D eigenvalue weighted by atomic mass is 15.2. The van der Waals surface area contributed by atoms with Gasteiger partial charge in [-0.3, -0.25) is 0 Å². The molecule has 1 fully saturated rings. The van der Waals surface area contributed by atoms with Crippen molar-refractivity contribution >= 4 is 0 Å². The lowest BCUT2D eigenvalue weighted by molar-refractivity contribution is 0.140. The third kappa shape index (κ3) is 3.58. The van der Waals surface area contributed by atoms with Crippen LogP contribution in [0.4, 0.5) is 0 Å². The molecule has 1 aliphatic rings. The van der Waals surface area contributed by atoms with E-state index in [0.29, 0.717) is 6.04 Å². The van der Waals surface area contributed by atoms with Gasteiger partial charge in [0, 0.05) is 12.1 Å². The first-order valence-corrected chi connectivity index (χ1v) is 6.27. The Labute approximate surface area is 88.8 Å². The molecule has 2 N–H and O–H groups in total. The molecule has 2 nitrogen and oxygen atoms in total. The molecule has 1 saturated heterocycles. The number of nitrogens with zero attached hydrogens (tertiary/aromatic N) is 1. The molecule has 14 heavy (non-hydrogen) atoms. The molecule has 0 aromatic rings. The van der Waals surface area contributed by atoms with Crippen molar-refractivity contribution in [2.24, 2.45) is 5.73 Å². The Bertz CT molecular complexity index is 137. The van der Waals surface area contributed by atoms with E-state index in [1.807, 2.05) is 0 Å². The van der Waals surface area contributed by atoms with Crippen LogP contribution in [0.3, 0.4) is 0 Å². The zero-order valence-corrected chi connectivity index (χ0v) is 9.84. The van der Waals surface area contributed by atoms with Gasteiger partial charge in [-0.05, 0) is 38.8 Å². The second-order valence-corrected chi connectivity index (χ2v) is 4.58. The average molecular weight is 198 g/mol. The van der Waals surface area contributed by atoms with Gasteiger partial charge in [-0.1, -0.05) is 26.7 Å². The molecule has 84 valence electrons. The van der Waals surface area contributed by atoms with Crippen LogP contribution in [0.2, 0.25) is 0 Å². The van der Waals surface area contributed by atoms with Crippen LogP contribution in [0, 0.1) is 0 Å². The first-order valence-electron chi connectivity index (χ1n) is 6.27. The maximum atomic E-state index is 5.91. The van der Waals surface area contributed by atoms with Crippen molar-refractivity contribution in [2.45, 2.75) is 64.5 Å². The van der Waals surface area contributed by atoms with E-state index in [1.54, 1.807) is 0 Å². The van der Waals surface area contributed by atoms with Gasteiger partial charge in [0.2, 0.25) is 0 Å². The third-order valence-electron chi connectivity index (χ3n) is 3.45. The van der Waals surface area contributed by atoms with E-state index in [2.05, 4.69) is 18.7 Å². The summed E-state index contributed by atoms with van der Waals surface area (Å²) in [5.74, 6) is 0. The fourth-order valence-electron chi connectivity index (χ4n) is 2.37. The number of hydrogen-bond acceptors (Lipinski definition) is 2. The van der Waals surface area contributed by atoms with Gasteiger partial charge in [0.05, 0.1) is 0 Å². The van der Waals surface area contributed by atoms with E-state index in [0.717, 1.165) is 6.04 Å². The fraction of sp³-hybridized carbons (Fsp3) is 1.00. The van der Waals surface area contributed by atoms with Crippen LogP contribution in [-0.4, -0.2) is 30.1 Å². The molecule has 2 heteroatoms. The van der Waals surface area contributed by atoms with Crippen LogP contribution in [0.25, 0.3) is 0 Å². The highest BCUT2D eigenvalue weighted by Gasteiger charge is 2.21. The van der Waals surface area contributed by atoms with Crippen LogP contribution in [0.5, 0.6) is 0 Å². The molecule has 1 aliphatic heterocycles. The summed E-state index contributed by atoms with van der Waals surface area (Å²) in [5.41, 5.74) is 5.91. The number of piperidine rings is 1. The van der Waals surface area contributed by atoms with Gasteiger partial charge >= 0.3 is 0 Å². The van der Waals surface area contributed by atoms with E-state index in [4.69, 9.17) is 5.73 Å². The number of rotatable bonds is 5. The van der Waals surface area contributed by atoms with E-state index >= 15 is 0 Å². The van der Waals surface area contributed by atoms with E-state index in [1.165, 1.54) is 51.6 Å². The molecule has 0 amide bonds. The highest BCUT2D eigenvalue weighted by molar-refractivity contribution is 4.79. The smallest absolute Gasteiger partial charge is 0.00926 e. The lowest BCUT2D eigenvalue weighted by Crippen LogP contribution is -2.44. The average Bonchev–Trinajstić information content (AvgIpc) is 2.21. The highest BCUT2D eigenvalue weighted by Crippen LogP contribution is 2.17. The van der Waals surface area contributed by atoms with Crippen molar-refractivity contribution < 1.29 is 0 Å². The predicted molar refractivity (Wildman–Crippen MR) is 62.4 cm³/mol.